The number of amides is 1. The third-order valence-electron chi connectivity index (χ3n) is 7.07. The lowest BCUT2D eigenvalue weighted by Crippen LogP contribution is -2.56. The largest absolute Gasteiger partial charge is 0.496 e. The minimum absolute atomic E-state index is 0.0310. The van der Waals surface area contributed by atoms with E-state index in [-0.39, 0.29) is 24.6 Å². The first kappa shape index (κ1) is 30.1. The highest BCUT2D eigenvalue weighted by Gasteiger charge is 2.36. The van der Waals surface area contributed by atoms with Crippen molar-refractivity contribution in [2.24, 2.45) is 0 Å². The molecule has 0 radical (unpaired) electrons. The van der Waals surface area contributed by atoms with E-state index < -0.39 is 34.4 Å². The van der Waals surface area contributed by atoms with Gasteiger partial charge in [-0.1, -0.05) is 11.3 Å². The Labute approximate surface area is 240 Å². The molecule has 1 amide bonds. The summed E-state index contributed by atoms with van der Waals surface area (Å²) in [5.41, 5.74) is -1.74. The molecule has 0 bridgehead atoms. The van der Waals surface area contributed by atoms with E-state index >= 15 is 0 Å². The van der Waals surface area contributed by atoms with Crippen molar-refractivity contribution in [1.29, 1.82) is 0 Å². The Kier molecular flexibility index (Phi) is 8.78. The second-order valence-corrected chi connectivity index (χ2v) is 11.7. The van der Waals surface area contributed by atoms with Crippen LogP contribution in [0.25, 0.3) is 15.2 Å². The van der Waals surface area contributed by atoms with Crippen molar-refractivity contribution in [2.45, 2.75) is 71.5 Å². The van der Waals surface area contributed by atoms with Crippen LogP contribution in [0.5, 0.6) is 5.75 Å². The van der Waals surface area contributed by atoms with Crippen molar-refractivity contribution in [3.8, 4) is 10.8 Å². The van der Waals surface area contributed by atoms with E-state index in [1.54, 1.807) is 20.8 Å². The molecule has 0 aliphatic carbocycles. The molecule has 0 unspecified atom stereocenters. The van der Waals surface area contributed by atoms with Crippen molar-refractivity contribution < 1.29 is 19.0 Å². The fourth-order valence-corrected chi connectivity index (χ4v) is 6.19. The summed E-state index contributed by atoms with van der Waals surface area (Å²) in [5.74, 6) is -0.987. The van der Waals surface area contributed by atoms with Crippen molar-refractivity contribution in [1.82, 2.24) is 29.4 Å². The normalized spacial score (nSPS) is 12.7. The van der Waals surface area contributed by atoms with Gasteiger partial charge >= 0.3 is 5.69 Å². The SMILES string of the molecule is COc1ccc(F)cc1[C@@H](CCCO)Cn1c(=O)n(C(C)(C)C(=O)NC(C)C)c(=O)c2c(C)c(-n3nccn3)sc21. The monoisotopic (exact) mass is 586 g/mol. The molecule has 13 heteroatoms. The summed E-state index contributed by atoms with van der Waals surface area (Å²) in [4.78, 5) is 43.4. The Morgan fingerprint density at radius 3 is 2.51 bits per heavy atom. The lowest BCUT2D eigenvalue weighted by Gasteiger charge is -2.28. The number of halogens is 1. The number of aliphatic hydroxyl groups is 1. The average molecular weight is 587 g/mol. The van der Waals surface area contributed by atoms with E-state index in [1.165, 1.54) is 72.3 Å². The smallest absolute Gasteiger partial charge is 0.333 e. The lowest BCUT2D eigenvalue weighted by molar-refractivity contribution is -0.129. The van der Waals surface area contributed by atoms with Gasteiger partial charge in [-0.05, 0) is 65.7 Å². The van der Waals surface area contributed by atoms with Crippen LogP contribution in [-0.4, -0.2) is 54.9 Å². The van der Waals surface area contributed by atoms with Crippen LogP contribution in [0.4, 0.5) is 4.39 Å². The molecule has 11 nitrogen and oxygen atoms in total. The summed E-state index contributed by atoms with van der Waals surface area (Å²) in [7, 11) is 1.48. The number of aryl methyl sites for hydroxylation is 1. The fourth-order valence-electron chi connectivity index (χ4n) is 4.97. The fraction of sp³-hybridized carbons (Fsp3) is 0.464. The zero-order valence-corrected chi connectivity index (χ0v) is 24.8. The molecule has 3 heterocycles. The summed E-state index contributed by atoms with van der Waals surface area (Å²) in [6, 6.07) is 3.95. The molecule has 3 aromatic heterocycles. The van der Waals surface area contributed by atoms with Gasteiger partial charge in [-0.3, -0.25) is 14.2 Å². The summed E-state index contributed by atoms with van der Waals surface area (Å²) in [6.07, 6.45) is 3.81. The first-order valence-corrected chi connectivity index (χ1v) is 14.1. The number of carbonyl (C=O) groups excluding carboxylic acids is 1. The van der Waals surface area contributed by atoms with E-state index in [0.717, 1.165) is 4.57 Å². The van der Waals surface area contributed by atoms with Crippen LogP contribution in [0, 0.1) is 12.7 Å². The summed E-state index contributed by atoms with van der Waals surface area (Å²) in [5, 5.41) is 21.7. The topological polar surface area (TPSA) is 133 Å². The average Bonchev–Trinajstić information content (AvgIpc) is 3.56. The number of ether oxygens (including phenoxy) is 1. The van der Waals surface area contributed by atoms with E-state index in [0.29, 0.717) is 39.5 Å². The molecular formula is C28H35FN6O5S. The van der Waals surface area contributed by atoms with Crippen LogP contribution in [-0.2, 0) is 16.9 Å². The van der Waals surface area contributed by atoms with Crippen molar-refractivity contribution >= 4 is 27.5 Å². The Hall–Kier alpha value is -3.84. The van der Waals surface area contributed by atoms with Crippen LogP contribution < -0.4 is 21.3 Å². The molecular weight excluding hydrogens is 551 g/mol. The molecule has 2 N–H and O–H groups in total. The van der Waals surface area contributed by atoms with Crippen LogP contribution in [0.15, 0.2) is 40.2 Å². The van der Waals surface area contributed by atoms with Crippen molar-refractivity contribution in [3.05, 3.63) is 68.4 Å². The first-order chi connectivity index (χ1) is 19.4. The Morgan fingerprint density at radius 2 is 1.90 bits per heavy atom. The number of rotatable bonds is 11. The Bertz CT molecular complexity index is 1670. The second-order valence-electron chi connectivity index (χ2n) is 10.7. The van der Waals surface area contributed by atoms with Crippen LogP contribution in [0.1, 0.15) is 57.6 Å². The molecule has 41 heavy (non-hydrogen) atoms. The number of fused-ring (bicyclic) bond motifs is 1. The van der Waals surface area contributed by atoms with Gasteiger partial charge in [0.25, 0.3) is 5.56 Å². The summed E-state index contributed by atoms with van der Waals surface area (Å²) in [6.45, 7) is 8.32. The molecule has 1 atom stereocenters. The second kappa shape index (κ2) is 12.0. The maximum Gasteiger partial charge on any atom is 0.333 e. The van der Waals surface area contributed by atoms with Gasteiger partial charge in [-0.25, -0.2) is 13.8 Å². The quantitative estimate of drug-likeness (QED) is 0.276. The van der Waals surface area contributed by atoms with Crippen LogP contribution in [0.3, 0.4) is 0 Å². The van der Waals surface area contributed by atoms with Gasteiger partial charge in [0.2, 0.25) is 5.91 Å². The minimum atomic E-state index is -1.54. The first-order valence-electron chi connectivity index (χ1n) is 13.3. The molecule has 4 aromatic rings. The molecule has 220 valence electrons. The van der Waals surface area contributed by atoms with E-state index in [2.05, 4.69) is 15.5 Å². The number of hydrogen-bond donors (Lipinski definition) is 2. The van der Waals surface area contributed by atoms with Crippen LogP contribution in [0.2, 0.25) is 0 Å². The van der Waals surface area contributed by atoms with E-state index in [4.69, 9.17) is 4.74 Å². The van der Waals surface area contributed by atoms with Gasteiger partial charge in [-0.15, -0.1) is 4.80 Å². The third kappa shape index (κ3) is 5.68. The predicted octanol–water partition coefficient (Wildman–Crippen LogP) is 3.08. The van der Waals surface area contributed by atoms with E-state index in [1.807, 2.05) is 0 Å². The highest BCUT2D eigenvalue weighted by Crippen LogP contribution is 2.35. The van der Waals surface area contributed by atoms with Gasteiger partial charge in [0, 0.05) is 36.2 Å². The molecule has 0 aliphatic heterocycles. The van der Waals surface area contributed by atoms with E-state index in [9.17, 15) is 23.9 Å². The van der Waals surface area contributed by atoms with Gasteiger partial charge in [0.1, 0.15) is 26.9 Å². The maximum absolute atomic E-state index is 14.4. The molecule has 0 saturated carbocycles. The highest BCUT2D eigenvalue weighted by molar-refractivity contribution is 7.21. The number of nitrogens with zero attached hydrogens (tertiary/aromatic N) is 5. The molecule has 0 fully saturated rings. The van der Waals surface area contributed by atoms with Gasteiger partial charge < -0.3 is 15.2 Å². The zero-order valence-electron chi connectivity index (χ0n) is 24.0. The Morgan fingerprint density at radius 1 is 1.22 bits per heavy atom. The van der Waals surface area contributed by atoms with Gasteiger partial charge in [0.15, 0.2) is 0 Å². The highest BCUT2D eigenvalue weighted by atomic mass is 32.1. The number of benzene rings is 1. The predicted molar refractivity (Wildman–Crippen MR) is 155 cm³/mol. The Balaban J connectivity index is 2.03. The summed E-state index contributed by atoms with van der Waals surface area (Å²) >= 11 is 1.18. The number of carbonyl (C=O) groups is 1. The van der Waals surface area contributed by atoms with Crippen molar-refractivity contribution in [2.75, 3.05) is 13.7 Å². The van der Waals surface area contributed by atoms with Gasteiger partial charge in [0.05, 0.1) is 24.9 Å². The third-order valence-corrected chi connectivity index (χ3v) is 8.35. The number of thiophene rings is 1. The summed E-state index contributed by atoms with van der Waals surface area (Å²) < 4.78 is 22.4. The number of hydrogen-bond acceptors (Lipinski definition) is 8. The molecule has 0 spiro atoms. The number of aromatic nitrogens is 5. The molecule has 4 rings (SSSR count). The standard InChI is InChI=1S/C28H35FN6O5S/c1-16(2)32-26(38)28(4,5)34-23(37)22-17(3)24(35-30-11-12-31-35)41-25(22)33(27(34)39)15-18(8-7-13-36)20-14-19(29)9-10-21(20)40-6/h9-12,14,16,18,36H,7-8,13,15H2,1-6H3,(H,32,38)/t18-/m0/s1. The number of aliphatic hydroxyl groups excluding tert-OH is 1. The number of methoxy groups -OCH3 is 1. The molecule has 1 aromatic carbocycles. The molecule has 0 aliphatic rings. The maximum atomic E-state index is 14.4. The zero-order chi connectivity index (χ0) is 30.1. The van der Waals surface area contributed by atoms with Crippen molar-refractivity contribution in [3.63, 3.8) is 0 Å². The van der Waals surface area contributed by atoms with Crippen LogP contribution >= 0.6 is 11.3 Å². The van der Waals surface area contributed by atoms with Gasteiger partial charge in [-0.2, -0.15) is 10.2 Å². The minimum Gasteiger partial charge on any atom is -0.496 e. The molecule has 0 saturated heterocycles. The lowest BCUT2D eigenvalue weighted by atomic mass is 9.93. The number of nitrogens with one attached hydrogen (secondary N) is 1.